The van der Waals surface area contributed by atoms with Gasteiger partial charge in [-0.15, -0.1) is 11.6 Å². The second-order valence-corrected chi connectivity index (χ2v) is 5.09. The maximum absolute atomic E-state index is 5.98. The van der Waals surface area contributed by atoms with Gasteiger partial charge in [0.05, 0.1) is 0 Å². The van der Waals surface area contributed by atoms with E-state index in [1.54, 1.807) is 0 Å². The monoisotopic (exact) mass is 224 g/mol. The second-order valence-electron chi connectivity index (χ2n) is 4.48. The quantitative estimate of drug-likeness (QED) is 0.734. The third kappa shape index (κ3) is 2.43. The maximum Gasteiger partial charge on any atom is 0.0424 e. The topological polar surface area (TPSA) is 16.1 Å². The Morgan fingerprint density at radius 3 is 2.87 bits per heavy atom. The summed E-state index contributed by atoms with van der Waals surface area (Å²) < 4.78 is 0. The number of nitrogens with zero attached hydrogens (tertiary/aromatic N) is 2. The van der Waals surface area contributed by atoms with Crippen LogP contribution < -0.4 is 4.90 Å². The molecule has 15 heavy (non-hydrogen) atoms. The third-order valence-corrected chi connectivity index (χ3v) is 3.47. The van der Waals surface area contributed by atoms with Gasteiger partial charge in [0, 0.05) is 37.1 Å². The van der Waals surface area contributed by atoms with E-state index < -0.39 is 0 Å². The Kier molecular flexibility index (Phi) is 3.15. The van der Waals surface area contributed by atoms with Crippen LogP contribution in [0, 0.1) is 12.8 Å². The molecule has 1 heterocycles. The fourth-order valence-electron chi connectivity index (χ4n) is 2.18. The molecule has 1 aromatic heterocycles. The van der Waals surface area contributed by atoms with Crippen molar-refractivity contribution >= 4 is 17.3 Å². The fourth-order valence-corrected chi connectivity index (χ4v) is 2.69. The van der Waals surface area contributed by atoms with E-state index in [1.807, 2.05) is 12.4 Å². The summed E-state index contributed by atoms with van der Waals surface area (Å²) >= 11 is 5.98. The molecule has 0 spiro atoms. The van der Waals surface area contributed by atoms with Crippen LogP contribution in [0.15, 0.2) is 18.5 Å². The van der Waals surface area contributed by atoms with E-state index >= 15 is 0 Å². The van der Waals surface area contributed by atoms with Gasteiger partial charge in [-0.05, 0) is 37.3 Å². The van der Waals surface area contributed by atoms with Crippen LogP contribution in [-0.4, -0.2) is 24.0 Å². The molecule has 3 heteroatoms. The average Bonchev–Trinajstić information content (AvgIpc) is 2.16. The average molecular weight is 225 g/mol. The molecular formula is C12H17ClN2. The molecule has 0 aliphatic heterocycles. The number of rotatable bonds is 3. The molecule has 0 atom stereocenters. The molecular weight excluding hydrogens is 208 g/mol. The molecule has 82 valence electrons. The highest BCUT2D eigenvalue weighted by atomic mass is 35.5. The van der Waals surface area contributed by atoms with Crippen molar-refractivity contribution in [1.82, 2.24) is 4.98 Å². The molecule has 1 saturated carbocycles. The van der Waals surface area contributed by atoms with Crippen molar-refractivity contribution in [1.29, 1.82) is 0 Å². The number of aryl methyl sites for hydroxylation is 1. The Labute approximate surface area is 96.3 Å². The molecule has 2 nitrogen and oxygen atoms in total. The van der Waals surface area contributed by atoms with Crippen molar-refractivity contribution < 1.29 is 0 Å². The molecule has 0 radical (unpaired) electrons. The summed E-state index contributed by atoms with van der Waals surface area (Å²) in [5.74, 6) is 0.769. The van der Waals surface area contributed by atoms with Gasteiger partial charge in [0.1, 0.15) is 0 Å². The number of alkyl halides is 1. The summed E-state index contributed by atoms with van der Waals surface area (Å²) in [5, 5.41) is 0.418. The van der Waals surface area contributed by atoms with E-state index in [1.165, 1.54) is 11.3 Å². The largest absolute Gasteiger partial charge is 0.374 e. The maximum atomic E-state index is 5.98. The molecule has 0 amide bonds. The standard InChI is InChI=1S/C12H17ClN2/c1-9-7-14-4-3-12(9)15(2)8-10-5-11(13)6-10/h3-4,7,10-11H,5-6,8H2,1-2H3. The first-order valence-corrected chi connectivity index (χ1v) is 5.86. The van der Waals surface area contributed by atoms with Crippen molar-refractivity contribution in [3.8, 4) is 0 Å². The summed E-state index contributed by atoms with van der Waals surface area (Å²) in [6.07, 6.45) is 6.09. The van der Waals surface area contributed by atoms with Crippen LogP contribution >= 0.6 is 11.6 Å². The number of hydrogen-bond acceptors (Lipinski definition) is 2. The third-order valence-electron chi connectivity index (χ3n) is 3.11. The first kappa shape index (κ1) is 10.7. The van der Waals surface area contributed by atoms with Gasteiger partial charge < -0.3 is 4.90 Å². The van der Waals surface area contributed by atoms with Gasteiger partial charge in [-0.1, -0.05) is 0 Å². The second kappa shape index (κ2) is 4.40. The zero-order valence-electron chi connectivity index (χ0n) is 9.28. The van der Waals surface area contributed by atoms with Crippen molar-refractivity contribution in [3.05, 3.63) is 24.0 Å². The summed E-state index contributed by atoms with van der Waals surface area (Å²) in [4.78, 5) is 6.41. The minimum Gasteiger partial charge on any atom is -0.374 e. The summed E-state index contributed by atoms with van der Waals surface area (Å²) in [5.41, 5.74) is 2.52. The highest BCUT2D eigenvalue weighted by Crippen LogP contribution is 2.33. The van der Waals surface area contributed by atoms with Crippen LogP contribution in [0.5, 0.6) is 0 Å². The van der Waals surface area contributed by atoms with Crippen LogP contribution in [0.25, 0.3) is 0 Å². The smallest absolute Gasteiger partial charge is 0.0424 e. The van der Waals surface area contributed by atoms with Crippen LogP contribution in [0.1, 0.15) is 18.4 Å². The SMILES string of the molecule is Cc1cnccc1N(C)CC1CC(Cl)C1. The predicted octanol–water partition coefficient (Wildman–Crippen LogP) is 2.84. The van der Waals surface area contributed by atoms with Crippen LogP contribution in [0.3, 0.4) is 0 Å². The molecule has 1 aliphatic carbocycles. The molecule has 0 bridgehead atoms. The van der Waals surface area contributed by atoms with Crippen molar-refractivity contribution in [2.24, 2.45) is 5.92 Å². The lowest BCUT2D eigenvalue weighted by molar-refractivity contribution is 0.329. The highest BCUT2D eigenvalue weighted by Gasteiger charge is 2.28. The van der Waals surface area contributed by atoms with Gasteiger partial charge in [0.2, 0.25) is 0 Å². The predicted molar refractivity (Wildman–Crippen MR) is 64.6 cm³/mol. The zero-order valence-corrected chi connectivity index (χ0v) is 10.0. The van der Waals surface area contributed by atoms with E-state index in [4.69, 9.17) is 11.6 Å². The minimum absolute atomic E-state index is 0.418. The van der Waals surface area contributed by atoms with Gasteiger partial charge in [-0.3, -0.25) is 4.98 Å². The van der Waals surface area contributed by atoms with E-state index in [9.17, 15) is 0 Å². The van der Waals surface area contributed by atoms with E-state index in [0.717, 1.165) is 25.3 Å². The Morgan fingerprint density at radius 2 is 2.27 bits per heavy atom. The normalized spacial score (nSPS) is 24.7. The number of halogens is 1. The Bertz CT molecular complexity index is 334. The molecule has 1 aromatic rings. The van der Waals surface area contributed by atoms with Crippen molar-refractivity contribution in [2.45, 2.75) is 25.1 Å². The fraction of sp³-hybridized carbons (Fsp3) is 0.583. The van der Waals surface area contributed by atoms with Crippen molar-refractivity contribution in [2.75, 3.05) is 18.5 Å². The summed E-state index contributed by atoms with van der Waals surface area (Å²) in [6.45, 7) is 3.21. The number of hydrogen-bond donors (Lipinski definition) is 0. The molecule has 0 N–H and O–H groups in total. The molecule has 0 aromatic carbocycles. The van der Waals surface area contributed by atoms with E-state index in [0.29, 0.717) is 5.38 Å². The molecule has 0 saturated heterocycles. The Morgan fingerprint density at radius 1 is 1.53 bits per heavy atom. The lowest BCUT2D eigenvalue weighted by Crippen LogP contribution is -2.35. The van der Waals surface area contributed by atoms with Gasteiger partial charge in [0.15, 0.2) is 0 Å². The first-order valence-electron chi connectivity index (χ1n) is 5.42. The summed E-state index contributed by atoms with van der Waals surface area (Å²) in [6, 6.07) is 2.08. The zero-order chi connectivity index (χ0) is 10.8. The summed E-state index contributed by atoms with van der Waals surface area (Å²) in [7, 11) is 2.14. The molecule has 1 aliphatic rings. The lowest BCUT2D eigenvalue weighted by Gasteiger charge is -2.35. The van der Waals surface area contributed by atoms with Crippen LogP contribution in [0.4, 0.5) is 5.69 Å². The van der Waals surface area contributed by atoms with E-state index in [-0.39, 0.29) is 0 Å². The van der Waals surface area contributed by atoms with E-state index in [2.05, 4.69) is 29.9 Å². The molecule has 2 rings (SSSR count). The highest BCUT2D eigenvalue weighted by molar-refractivity contribution is 6.21. The van der Waals surface area contributed by atoms with Gasteiger partial charge in [-0.2, -0.15) is 0 Å². The van der Waals surface area contributed by atoms with Gasteiger partial charge in [-0.25, -0.2) is 0 Å². The van der Waals surface area contributed by atoms with Gasteiger partial charge >= 0.3 is 0 Å². The molecule has 0 unspecified atom stereocenters. The first-order chi connectivity index (χ1) is 7.16. The molecule has 1 fully saturated rings. The minimum atomic E-state index is 0.418. The number of anilines is 1. The lowest BCUT2D eigenvalue weighted by atomic mass is 9.84. The van der Waals surface area contributed by atoms with Crippen molar-refractivity contribution in [3.63, 3.8) is 0 Å². The van der Waals surface area contributed by atoms with Crippen LogP contribution in [-0.2, 0) is 0 Å². The van der Waals surface area contributed by atoms with Crippen LogP contribution in [0.2, 0.25) is 0 Å². The Hall–Kier alpha value is -0.760. The number of aromatic nitrogens is 1. The van der Waals surface area contributed by atoms with Gasteiger partial charge in [0.25, 0.3) is 0 Å². The number of pyridine rings is 1. The Balaban J connectivity index is 1.96.